The van der Waals surface area contributed by atoms with Crippen LogP contribution in [0, 0.1) is 0 Å². The van der Waals surface area contributed by atoms with Crippen molar-refractivity contribution in [3.8, 4) is 0 Å². The lowest BCUT2D eigenvalue weighted by molar-refractivity contribution is 0.185. The first kappa shape index (κ1) is 21.2. The van der Waals surface area contributed by atoms with Crippen LogP contribution in [-0.4, -0.2) is 39.5 Å². The largest absolute Gasteiger partial charge is 0.380 e. The average molecular weight is 417 g/mol. The summed E-state index contributed by atoms with van der Waals surface area (Å²) in [5, 5.41) is 3.87. The summed E-state index contributed by atoms with van der Waals surface area (Å²) in [6.45, 7) is 2.05. The number of piperazine rings is 1. The SMILES string of the molecule is COCc1ccc(S(=O)(=O)N2CCNCC2c2cccc(Cl)c2)cc1.Cl. The molecular weight excluding hydrogens is 395 g/mol. The van der Waals surface area contributed by atoms with E-state index in [0.29, 0.717) is 36.2 Å². The van der Waals surface area contributed by atoms with Gasteiger partial charge in [-0.1, -0.05) is 35.9 Å². The van der Waals surface area contributed by atoms with Gasteiger partial charge in [-0.25, -0.2) is 8.42 Å². The van der Waals surface area contributed by atoms with Crippen molar-refractivity contribution < 1.29 is 13.2 Å². The van der Waals surface area contributed by atoms with Crippen molar-refractivity contribution in [1.29, 1.82) is 0 Å². The van der Waals surface area contributed by atoms with Crippen molar-refractivity contribution in [2.75, 3.05) is 26.7 Å². The number of rotatable bonds is 5. The second-order valence-corrected chi connectivity index (χ2v) is 8.29. The van der Waals surface area contributed by atoms with Crippen LogP contribution in [0.3, 0.4) is 0 Å². The van der Waals surface area contributed by atoms with E-state index in [-0.39, 0.29) is 18.4 Å². The van der Waals surface area contributed by atoms with E-state index in [1.165, 1.54) is 0 Å². The summed E-state index contributed by atoms with van der Waals surface area (Å²) in [5.74, 6) is 0. The van der Waals surface area contributed by atoms with Crippen molar-refractivity contribution in [1.82, 2.24) is 9.62 Å². The van der Waals surface area contributed by atoms with Crippen LogP contribution in [0.2, 0.25) is 5.02 Å². The van der Waals surface area contributed by atoms with E-state index in [1.807, 2.05) is 18.2 Å². The number of hydrogen-bond donors (Lipinski definition) is 1. The molecule has 8 heteroatoms. The minimum Gasteiger partial charge on any atom is -0.380 e. The Labute approximate surface area is 165 Å². The van der Waals surface area contributed by atoms with Gasteiger partial charge in [-0.15, -0.1) is 12.4 Å². The zero-order valence-corrected chi connectivity index (χ0v) is 16.8. The quantitative estimate of drug-likeness (QED) is 0.812. The molecule has 5 nitrogen and oxygen atoms in total. The Balaban J connectivity index is 0.00000243. The van der Waals surface area contributed by atoms with E-state index in [2.05, 4.69) is 5.32 Å². The summed E-state index contributed by atoms with van der Waals surface area (Å²) < 4.78 is 32.9. The van der Waals surface area contributed by atoms with Crippen molar-refractivity contribution in [3.63, 3.8) is 0 Å². The van der Waals surface area contributed by atoms with Gasteiger partial charge in [0.05, 0.1) is 17.5 Å². The van der Waals surface area contributed by atoms with Crippen LogP contribution in [-0.2, 0) is 21.4 Å². The lowest BCUT2D eigenvalue weighted by atomic mass is 10.1. The number of hydrogen-bond acceptors (Lipinski definition) is 4. The molecule has 2 aromatic rings. The van der Waals surface area contributed by atoms with E-state index >= 15 is 0 Å². The summed E-state index contributed by atoms with van der Waals surface area (Å²) in [4.78, 5) is 0.293. The Morgan fingerprint density at radius 1 is 1.23 bits per heavy atom. The predicted octanol–water partition coefficient (Wildman–Crippen LogP) is 3.24. The van der Waals surface area contributed by atoms with Gasteiger partial charge in [-0.2, -0.15) is 4.31 Å². The standard InChI is InChI=1S/C18H21ClN2O3S.ClH/c1-24-13-14-5-7-17(8-6-14)25(22,23)21-10-9-20-12-18(21)15-3-2-4-16(19)11-15;/h2-8,11,18,20H,9-10,12-13H2,1H3;1H. The summed E-state index contributed by atoms with van der Waals surface area (Å²) in [6, 6.07) is 13.9. The summed E-state index contributed by atoms with van der Waals surface area (Å²) >= 11 is 6.09. The Morgan fingerprint density at radius 2 is 1.96 bits per heavy atom. The molecule has 1 N–H and O–H groups in total. The number of sulfonamides is 1. The molecule has 1 atom stereocenters. The van der Waals surface area contributed by atoms with Gasteiger partial charge < -0.3 is 10.1 Å². The maximum atomic E-state index is 13.2. The molecule has 1 saturated heterocycles. The lowest BCUT2D eigenvalue weighted by Crippen LogP contribution is -2.48. The zero-order valence-electron chi connectivity index (χ0n) is 14.4. The zero-order chi connectivity index (χ0) is 17.9. The molecule has 0 saturated carbocycles. The first-order chi connectivity index (χ1) is 12.0. The Kier molecular flexibility index (Phi) is 7.46. The Bertz CT molecular complexity index is 829. The monoisotopic (exact) mass is 416 g/mol. The number of methoxy groups -OCH3 is 1. The molecule has 1 aliphatic heterocycles. The van der Waals surface area contributed by atoms with Crippen LogP contribution in [0.5, 0.6) is 0 Å². The average Bonchev–Trinajstić information content (AvgIpc) is 2.62. The minimum atomic E-state index is -3.59. The molecule has 142 valence electrons. The van der Waals surface area contributed by atoms with Crippen LogP contribution in [0.4, 0.5) is 0 Å². The number of nitrogens with zero attached hydrogens (tertiary/aromatic N) is 1. The fourth-order valence-corrected chi connectivity index (χ4v) is 4.84. The molecule has 0 radical (unpaired) electrons. The topological polar surface area (TPSA) is 58.6 Å². The molecule has 0 spiro atoms. The Morgan fingerprint density at radius 3 is 2.62 bits per heavy atom. The second-order valence-electron chi connectivity index (χ2n) is 5.97. The minimum absolute atomic E-state index is 0. The van der Waals surface area contributed by atoms with Crippen molar-refractivity contribution in [3.05, 3.63) is 64.7 Å². The third-order valence-electron chi connectivity index (χ3n) is 4.27. The van der Waals surface area contributed by atoms with Gasteiger partial charge in [0.25, 0.3) is 0 Å². The number of ether oxygens (including phenoxy) is 1. The van der Waals surface area contributed by atoms with Gasteiger partial charge in [-0.05, 0) is 35.4 Å². The van der Waals surface area contributed by atoms with Gasteiger partial charge in [-0.3, -0.25) is 0 Å². The van der Waals surface area contributed by atoms with Crippen molar-refractivity contribution >= 4 is 34.0 Å². The molecule has 0 aromatic heterocycles. The third kappa shape index (κ3) is 4.57. The fourth-order valence-electron chi connectivity index (χ4n) is 3.03. The summed E-state index contributed by atoms with van der Waals surface area (Å²) in [7, 11) is -1.98. The highest BCUT2D eigenvalue weighted by molar-refractivity contribution is 7.89. The number of nitrogens with one attached hydrogen (secondary N) is 1. The van der Waals surface area contributed by atoms with E-state index in [4.69, 9.17) is 16.3 Å². The predicted molar refractivity (Wildman–Crippen MR) is 105 cm³/mol. The van der Waals surface area contributed by atoms with Gasteiger partial charge in [0.15, 0.2) is 0 Å². The molecule has 2 aromatic carbocycles. The molecule has 1 heterocycles. The second kappa shape index (κ2) is 9.17. The number of halogens is 2. The fraction of sp³-hybridized carbons (Fsp3) is 0.333. The highest BCUT2D eigenvalue weighted by Crippen LogP contribution is 2.30. The van der Waals surface area contributed by atoms with Crippen LogP contribution < -0.4 is 5.32 Å². The van der Waals surface area contributed by atoms with Gasteiger partial charge in [0.2, 0.25) is 10.0 Å². The van der Waals surface area contributed by atoms with E-state index < -0.39 is 10.0 Å². The lowest BCUT2D eigenvalue weighted by Gasteiger charge is -2.35. The molecule has 26 heavy (non-hydrogen) atoms. The molecule has 1 aliphatic rings. The van der Waals surface area contributed by atoms with Gasteiger partial charge >= 0.3 is 0 Å². The maximum absolute atomic E-state index is 13.2. The first-order valence-corrected chi connectivity index (χ1v) is 9.90. The van der Waals surface area contributed by atoms with E-state index in [0.717, 1.165) is 11.1 Å². The third-order valence-corrected chi connectivity index (χ3v) is 6.43. The first-order valence-electron chi connectivity index (χ1n) is 8.08. The van der Waals surface area contributed by atoms with Crippen LogP contribution in [0.25, 0.3) is 0 Å². The molecule has 0 amide bonds. The highest BCUT2D eigenvalue weighted by atomic mass is 35.5. The molecule has 0 bridgehead atoms. The van der Waals surface area contributed by atoms with E-state index in [1.54, 1.807) is 41.7 Å². The normalized spacial score (nSPS) is 18.3. The highest BCUT2D eigenvalue weighted by Gasteiger charge is 2.34. The van der Waals surface area contributed by atoms with E-state index in [9.17, 15) is 8.42 Å². The van der Waals surface area contributed by atoms with Crippen LogP contribution in [0.1, 0.15) is 17.2 Å². The summed E-state index contributed by atoms with van der Waals surface area (Å²) in [5.41, 5.74) is 1.83. The van der Waals surface area contributed by atoms with Gasteiger partial charge in [0.1, 0.15) is 0 Å². The Hall–Kier alpha value is -1.15. The van der Waals surface area contributed by atoms with Crippen LogP contribution >= 0.6 is 24.0 Å². The molecule has 3 rings (SSSR count). The smallest absolute Gasteiger partial charge is 0.243 e. The number of benzene rings is 2. The molecule has 1 fully saturated rings. The molecule has 1 unspecified atom stereocenters. The summed E-state index contributed by atoms with van der Waals surface area (Å²) in [6.07, 6.45) is 0. The molecule has 0 aliphatic carbocycles. The van der Waals surface area contributed by atoms with Gasteiger partial charge in [0, 0.05) is 31.8 Å². The van der Waals surface area contributed by atoms with Crippen LogP contribution in [0.15, 0.2) is 53.4 Å². The molecular formula is C18H22Cl2N2O3S. The van der Waals surface area contributed by atoms with Crippen molar-refractivity contribution in [2.24, 2.45) is 0 Å². The maximum Gasteiger partial charge on any atom is 0.243 e. The van der Waals surface area contributed by atoms with Crippen molar-refractivity contribution in [2.45, 2.75) is 17.5 Å².